The number of rotatable bonds is 3. The number of allylic oxidation sites excluding steroid dienone is 1. The zero-order chi connectivity index (χ0) is 8.97. The summed E-state index contributed by atoms with van der Waals surface area (Å²) >= 11 is 0. The van der Waals surface area contributed by atoms with Gasteiger partial charge in [0.1, 0.15) is 0 Å². The fourth-order valence-corrected chi connectivity index (χ4v) is 1.43. The van der Waals surface area contributed by atoms with Crippen LogP contribution in [0, 0.1) is 0 Å². The molecule has 0 spiro atoms. The number of hydrazine groups is 1. The standard InChI is InChI=1S/C8H17N3O/c1-2-7(6-12)11(9)8-3-4-10-5-8/h2,8,10,12H,3-6,9H2,1H3/b7-2-/t8-/m0/s1. The molecule has 1 atom stereocenters. The van der Waals surface area contributed by atoms with Crippen LogP contribution in [0.25, 0.3) is 0 Å². The monoisotopic (exact) mass is 171 g/mol. The van der Waals surface area contributed by atoms with Crippen LogP contribution in [-0.2, 0) is 0 Å². The molecule has 1 aliphatic rings. The van der Waals surface area contributed by atoms with E-state index in [4.69, 9.17) is 10.9 Å². The summed E-state index contributed by atoms with van der Waals surface area (Å²) in [4.78, 5) is 0. The van der Waals surface area contributed by atoms with Gasteiger partial charge in [0, 0.05) is 6.54 Å². The SMILES string of the molecule is C/C=C(/CO)N(N)[C@H]1CCNC1. The molecular formula is C8H17N3O. The van der Waals surface area contributed by atoms with Gasteiger partial charge in [0.25, 0.3) is 0 Å². The Morgan fingerprint density at radius 1 is 1.83 bits per heavy atom. The first-order valence-electron chi connectivity index (χ1n) is 4.30. The van der Waals surface area contributed by atoms with E-state index >= 15 is 0 Å². The molecule has 1 heterocycles. The van der Waals surface area contributed by atoms with Crippen molar-refractivity contribution >= 4 is 0 Å². The topological polar surface area (TPSA) is 61.5 Å². The third-order valence-corrected chi connectivity index (χ3v) is 2.25. The second-order valence-corrected chi connectivity index (χ2v) is 2.99. The van der Waals surface area contributed by atoms with E-state index in [1.54, 1.807) is 5.01 Å². The summed E-state index contributed by atoms with van der Waals surface area (Å²) < 4.78 is 0. The molecule has 70 valence electrons. The Hall–Kier alpha value is -0.580. The Labute approximate surface area is 73.0 Å². The molecule has 4 N–H and O–H groups in total. The number of hydrogen-bond acceptors (Lipinski definition) is 4. The first-order chi connectivity index (χ1) is 5.79. The highest BCUT2D eigenvalue weighted by Crippen LogP contribution is 2.09. The number of aliphatic hydroxyl groups excluding tert-OH is 1. The smallest absolute Gasteiger partial charge is 0.0840 e. The second-order valence-electron chi connectivity index (χ2n) is 2.99. The minimum absolute atomic E-state index is 0.0174. The van der Waals surface area contributed by atoms with Gasteiger partial charge < -0.3 is 15.4 Å². The molecule has 0 unspecified atom stereocenters. The second kappa shape index (κ2) is 4.45. The van der Waals surface area contributed by atoms with Gasteiger partial charge in [-0.25, -0.2) is 5.84 Å². The molecule has 0 amide bonds. The lowest BCUT2D eigenvalue weighted by atomic mass is 10.2. The van der Waals surface area contributed by atoms with Crippen LogP contribution in [-0.4, -0.2) is 35.9 Å². The number of nitrogens with one attached hydrogen (secondary N) is 1. The van der Waals surface area contributed by atoms with Gasteiger partial charge in [-0.15, -0.1) is 0 Å². The van der Waals surface area contributed by atoms with E-state index in [2.05, 4.69) is 5.32 Å². The van der Waals surface area contributed by atoms with Crippen molar-refractivity contribution in [2.45, 2.75) is 19.4 Å². The summed E-state index contributed by atoms with van der Waals surface area (Å²) in [6.45, 7) is 3.83. The summed E-state index contributed by atoms with van der Waals surface area (Å²) in [5, 5.41) is 13.8. The molecular weight excluding hydrogens is 154 g/mol. The summed E-state index contributed by atoms with van der Waals surface area (Å²) in [5.41, 5.74) is 0.795. The van der Waals surface area contributed by atoms with Crippen LogP contribution in [0.15, 0.2) is 11.8 Å². The number of aliphatic hydroxyl groups is 1. The Bertz CT molecular complexity index is 164. The van der Waals surface area contributed by atoms with Gasteiger partial charge in [-0.05, 0) is 19.9 Å². The van der Waals surface area contributed by atoms with Gasteiger partial charge in [0.15, 0.2) is 0 Å². The first-order valence-corrected chi connectivity index (χ1v) is 4.30. The van der Waals surface area contributed by atoms with Gasteiger partial charge in [0.05, 0.1) is 18.3 Å². The van der Waals surface area contributed by atoms with E-state index in [0.29, 0.717) is 6.04 Å². The molecule has 0 saturated carbocycles. The molecule has 1 fully saturated rings. The van der Waals surface area contributed by atoms with Crippen molar-refractivity contribution in [1.82, 2.24) is 10.3 Å². The number of hydrogen-bond donors (Lipinski definition) is 3. The maximum atomic E-state index is 8.95. The van der Waals surface area contributed by atoms with Crippen molar-refractivity contribution in [2.24, 2.45) is 5.84 Å². The van der Waals surface area contributed by atoms with Crippen molar-refractivity contribution in [3.63, 3.8) is 0 Å². The molecule has 0 aromatic heterocycles. The van der Waals surface area contributed by atoms with Crippen LogP contribution in [0.2, 0.25) is 0 Å². The van der Waals surface area contributed by atoms with Crippen molar-refractivity contribution in [3.8, 4) is 0 Å². The minimum Gasteiger partial charge on any atom is -0.390 e. The first kappa shape index (κ1) is 9.51. The van der Waals surface area contributed by atoms with Crippen LogP contribution in [0.3, 0.4) is 0 Å². The van der Waals surface area contributed by atoms with Gasteiger partial charge in [-0.1, -0.05) is 6.08 Å². The van der Waals surface area contributed by atoms with Crippen LogP contribution >= 0.6 is 0 Å². The largest absolute Gasteiger partial charge is 0.390 e. The average Bonchev–Trinajstić information content (AvgIpc) is 2.58. The Morgan fingerprint density at radius 3 is 3.00 bits per heavy atom. The molecule has 12 heavy (non-hydrogen) atoms. The molecule has 0 aromatic rings. The van der Waals surface area contributed by atoms with Gasteiger partial charge in [-0.3, -0.25) is 0 Å². The van der Waals surface area contributed by atoms with E-state index in [1.807, 2.05) is 13.0 Å². The van der Waals surface area contributed by atoms with E-state index in [9.17, 15) is 0 Å². The summed E-state index contributed by atoms with van der Waals surface area (Å²) in [6, 6.07) is 0.336. The average molecular weight is 171 g/mol. The lowest BCUT2D eigenvalue weighted by molar-refractivity contribution is 0.215. The fourth-order valence-electron chi connectivity index (χ4n) is 1.43. The Morgan fingerprint density at radius 2 is 2.58 bits per heavy atom. The number of nitrogens with two attached hydrogens (primary N) is 1. The van der Waals surface area contributed by atoms with E-state index in [0.717, 1.165) is 25.2 Å². The van der Waals surface area contributed by atoms with Crippen molar-refractivity contribution in [1.29, 1.82) is 0 Å². The van der Waals surface area contributed by atoms with E-state index < -0.39 is 0 Å². The lowest BCUT2D eigenvalue weighted by Crippen LogP contribution is -2.42. The van der Waals surface area contributed by atoms with Crippen molar-refractivity contribution in [2.75, 3.05) is 19.7 Å². The molecule has 0 aliphatic carbocycles. The summed E-state index contributed by atoms with van der Waals surface area (Å²) in [5.74, 6) is 5.81. The van der Waals surface area contributed by atoms with Crippen LogP contribution in [0.5, 0.6) is 0 Å². The van der Waals surface area contributed by atoms with Gasteiger partial charge in [0.2, 0.25) is 0 Å². The molecule has 4 nitrogen and oxygen atoms in total. The maximum Gasteiger partial charge on any atom is 0.0840 e. The highest BCUT2D eigenvalue weighted by atomic mass is 16.3. The quantitative estimate of drug-likeness (QED) is 0.393. The Balaban J connectivity index is 2.49. The fraction of sp³-hybridized carbons (Fsp3) is 0.750. The lowest BCUT2D eigenvalue weighted by Gasteiger charge is -2.26. The van der Waals surface area contributed by atoms with E-state index in [1.165, 1.54) is 0 Å². The highest BCUT2D eigenvalue weighted by Gasteiger charge is 2.20. The molecule has 0 radical (unpaired) electrons. The third kappa shape index (κ3) is 1.97. The molecule has 1 rings (SSSR count). The Kier molecular flexibility index (Phi) is 3.52. The molecule has 1 aliphatic heterocycles. The maximum absolute atomic E-state index is 8.95. The third-order valence-electron chi connectivity index (χ3n) is 2.25. The van der Waals surface area contributed by atoms with E-state index in [-0.39, 0.29) is 6.61 Å². The highest BCUT2D eigenvalue weighted by molar-refractivity contribution is 5.01. The van der Waals surface area contributed by atoms with Gasteiger partial charge in [-0.2, -0.15) is 0 Å². The molecule has 4 heteroatoms. The summed E-state index contributed by atoms with van der Waals surface area (Å²) in [7, 11) is 0. The molecule has 0 bridgehead atoms. The zero-order valence-electron chi connectivity index (χ0n) is 7.45. The normalized spacial score (nSPS) is 24.6. The van der Waals surface area contributed by atoms with Crippen molar-refractivity contribution in [3.05, 3.63) is 11.8 Å². The zero-order valence-corrected chi connectivity index (χ0v) is 7.45. The van der Waals surface area contributed by atoms with Crippen LogP contribution in [0.4, 0.5) is 0 Å². The van der Waals surface area contributed by atoms with Crippen molar-refractivity contribution < 1.29 is 5.11 Å². The summed E-state index contributed by atoms with van der Waals surface area (Å²) in [6.07, 6.45) is 2.90. The van der Waals surface area contributed by atoms with Crippen LogP contribution in [0.1, 0.15) is 13.3 Å². The predicted molar refractivity (Wildman–Crippen MR) is 48.1 cm³/mol. The number of nitrogens with zero attached hydrogens (tertiary/aromatic N) is 1. The van der Waals surface area contributed by atoms with Crippen LogP contribution < -0.4 is 11.2 Å². The molecule has 0 aromatic carbocycles. The predicted octanol–water partition coefficient (Wildman–Crippen LogP) is -0.580. The minimum atomic E-state index is 0.0174. The molecule has 1 saturated heterocycles. The van der Waals surface area contributed by atoms with Gasteiger partial charge >= 0.3 is 0 Å².